The Morgan fingerprint density at radius 1 is 1.53 bits per heavy atom. The van der Waals surface area contributed by atoms with Crippen molar-refractivity contribution in [2.75, 3.05) is 18.4 Å². The van der Waals surface area contributed by atoms with Gasteiger partial charge in [0.25, 0.3) is 5.69 Å². The molecule has 0 amide bonds. The maximum atomic E-state index is 10.7. The number of nitro benzene ring substituents is 1. The van der Waals surface area contributed by atoms with Gasteiger partial charge in [-0.1, -0.05) is 12.1 Å². The number of aryl methyl sites for hydroxylation is 1. The number of para-hydroxylation sites is 1. The Morgan fingerprint density at radius 3 is 2.87 bits per heavy atom. The fourth-order valence-corrected chi connectivity index (χ4v) is 1.35. The summed E-state index contributed by atoms with van der Waals surface area (Å²) >= 11 is 0. The molecular formula is C10H15N3O2. The van der Waals surface area contributed by atoms with Crippen molar-refractivity contribution >= 4 is 11.4 Å². The van der Waals surface area contributed by atoms with Gasteiger partial charge in [-0.15, -0.1) is 0 Å². The van der Waals surface area contributed by atoms with Crippen LogP contribution < -0.4 is 11.1 Å². The average molecular weight is 209 g/mol. The summed E-state index contributed by atoms with van der Waals surface area (Å²) in [4.78, 5) is 10.4. The third-order valence-electron chi connectivity index (χ3n) is 2.13. The third-order valence-corrected chi connectivity index (χ3v) is 2.13. The Bertz CT molecular complexity index is 353. The number of nitrogens with zero attached hydrogens (tertiary/aromatic N) is 1. The average Bonchev–Trinajstić information content (AvgIpc) is 2.20. The van der Waals surface area contributed by atoms with Gasteiger partial charge in [-0.2, -0.15) is 0 Å². The van der Waals surface area contributed by atoms with Crippen molar-refractivity contribution in [3.8, 4) is 0 Å². The number of anilines is 1. The second-order valence-corrected chi connectivity index (χ2v) is 3.30. The topological polar surface area (TPSA) is 81.2 Å². The first kappa shape index (κ1) is 11.5. The molecule has 0 atom stereocenters. The van der Waals surface area contributed by atoms with Gasteiger partial charge in [0, 0.05) is 12.6 Å². The van der Waals surface area contributed by atoms with E-state index >= 15 is 0 Å². The van der Waals surface area contributed by atoms with E-state index < -0.39 is 0 Å². The molecule has 1 aromatic rings. The van der Waals surface area contributed by atoms with Crippen molar-refractivity contribution in [1.82, 2.24) is 0 Å². The van der Waals surface area contributed by atoms with Crippen LogP contribution >= 0.6 is 0 Å². The van der Waals surface area contributed by atoms with E-state index in [4.69, 9.17) is 5.73 Å². The molecule has 15 heavy (non-hydrogen) atoms. The van der Waals surface area contributed by atoms with Crippen LogP contribution in [0.15, 0.2) is 18.2 Å². The van der Waals surface area contributed by atoms with E-state index in [0.29, 0.717) is 18.8 Å². The number of benzene rings is 1. The number of nitrogens with one attached hydrogen (secondary N) is 1. The molecule has 1 rings (SSSR count). The summed E-state index contributed by atoms with van der Waals surface area (Å²) in [6.07, 6.45) is 0.797. The van der Waals surface area contributed by atoms with Crippen LogP contribution in [-0.2, 0) is 0 Å². The standard InChI is InChI=1S/C10H15N3O2/c1-8-4-2-5-9(13(14)15)10(8)12-7-3-6-11/h2,4-5,12H,3,6-7,11H2,1H3. The highest BCUT2D eigenvalue weighted by Crippen LogP contribution is 2.27. The van der Waals surface area contributed by atoms with Gasteiger partial charge in [0.05, 0.1) is 4.92 Å². The highest BCUT2D eigenvalue weighted by molar-refractivity contribution is 5.65. The minimum atomic E-state index is -0.377. The van der Waals surface area contributed by atoms with E-state index in [0.717, 1.165) is 12.0 Å². The minimum absolute atomic E-state index is 0.118. The Hall–Kier alpha value is -1.62. The Balaban J connectivity index is 2.87. The lowest BCUT2D eigenvalue weighted by Crippen LogP contribution is -2.10. The van der Waals surface area contributed by atoms with Crippen LogP contribution in [0.25, 0.3) is 0 Å². The highest BCUT2D eigenvalue weighted by atomic mass is 16.6. The number of hydrogen-bond acceptors (Lipinski definition) is 4. The van der Waals surface area contributed by atoms with Crippen molar-refractivity contribution < 1.29 is 4.92 Å². The first-order valence-corrected chi connectivity index (χ1v) is 4.84. The zero-order chi connectivity index (χ0) is 11.3. The highest BCUT2D eigenvalue weighted by Gasteiger charge is 2.14. The summed E-state index contributed by atoms with van der Waals surface area (Å²) in [7, 11) is 0. The molecule has 0 aliphatic rings. The van der Waals surface area contributed by atoms with Crippen LogP contribution in [0.3, 0.4) is 0 Å². The lowest BCUT2D eigenvalue weighted by Gasteiger charge is -2.08. The molecule has 0 spiro atoms. The molecular weight excluding hydrogens is 194 g/mol. The van der Waals surface area contributed by atoms with Gasteiger partial charge in [-0.25, -0.2) is 0 Å². The first-order valence-electron chi connectivity index (χ1n) is 4.84. The molecule has 5 heteroatoms. The summed E-state index contributed by atoms with van der Waals surface area (Å²) in [6, 6.07) is 5.02. The Kier molecular flexibility index (Phi) is 4.05. The molecule has 3 N–H and O–H groups in total. The summed E-state index contributed by atoms with van der Waals surface area (Å²) in [5.41, 5.74) is 6.94. The number of nitro groups is 1. The predicted molar refractivity (Wildman–Crippen MR) is 60.0 cm³/mol. The predicted octanol–water partition coefficient (Wildman–Crippen LogP) is 1.66. The van der Waals surface area contributed by atoms with Crippen LogP contribution in [-0.4, -0.2) is 18.0 Å². The summed E-state index contributed by atoms with van der Waals surface area (Å²) in [6.45, 7) is 3.08. The van der Waals surface area contributed by atoms with Gasteiger partial charge in [0.2, 0.25) is 0 Å². The minimum Gasteiger partial charge on any atom is -0.379 e. The van der Waals surface area contributed by atoms with Crippen molar-refractivity contribution in [1.29, 1.82) is 0 Å². The zero-order valence-corrected chi connectivity index (χ0v) is 8.69. The van der Waals surface area contributed by atoms with Crippen LogP contribution in [0.2, 0.25) is 0 Å². The normalized spacial score (nSPS) is 10.0. The van der Waals surface area contributed by atoms with Gasteiger partial charge < -0.3 is 11.1 Å². The van der Waals surface area contributed by atoms with Gasteiger partial charge in [0.1, 0.15) is 5.69 Å². The van der Waals surface area contributed by atoms with Crippen LogP contribution in [0.5, 0.6) is 0 Å². The molecule has 0 bridgehead atoms. The van der Waals surface area contributed by atoms with Crippen LogP contribution in [0, 0.1) is 17.0 Å². The second kappa shape index (κ2) is 5.31. The van der Waals surface area contributed by atoms with Gasteiger partial charge in [0.15, 0.2) is 0 Å². The molecule has 0 fully saturated rings. The number of nitrogens with two attached hydrogens (primary N) is 1. The van der Waals surface area contributed by atoms with E-state index in [1.807, 2.05) is 13.0 Å². The van der Waals surface area contributed by atoms with Crippen molar-refractivity contribution in [2.45, 2.75) is 13.3 Å². The van der Waals surface area contributed by atoms with Gasteiger partial charge in [-0.05, 0) is 25.5 Å². The SMILES string of the molecule is Cc1cccc([N+](=O)[O-])c1NCCCN. The Morgan fingerprint density at radius 2 is 2.27 bits per heavy atom. The lowest BCUT2D eigenvalue weighted by atomic mass is 10.1. The van der Waals surface area contributed by atoms with Crippen LogP contribution in [0.1, 0.15) is 12.0 Å². The van der Waals surface area contributed by atoms with E-state index in [1.165, 1.54) is 6.07 Å². The molecule has 0 heterocycles. The fraction of sp³-hybridized carbons (Fsp3) is 0.400. The van der Waals surface area contributed by atoms with E-state index in [1.54, 1.807) is 6.07 Å². The maximum Gasteiger partial charge on any atom is 0.292 e. The van der Waals surface area contributed by atoms with Gasteiger partial charge >= 0.3 is 0 Å². The van der Waals surface area contributed by atoms with E-state index in [-0.39, 0.29) is 10.6 Å². The first-order chi connectivity index (χ1) is 7.16. The summed E-state index contributed by atoms with van der Waals surface area (Å²) in [5.74, 6) is 0. The lowest BCUT2D eigenvalue weighted by molar-refractivity contribution is -0.384. The summed E-state index contributed by atoms with van der Waals surface area (Å²) in [5, 5.41) is 13.8. The Labute approximate surface area is 88.4 Å². The molecule has 1 aromatic carbocycles. The fourth-order valence-electron chi connectivity index (χ4n) is 1.35. The van der Waals surface area contributed by atoms with E-state index in [2.05, 4.69) is 5.32 Å². The van der Waals surface area contributed by atoms with Crippen molar-refractivity contribution in [3.63, 3.8) is 0 Å². The summed E-state index contributed by atoms with van der Waals surface area (Å²) < 4.78 is 0. The number of hydrogen-bond donors (Lipinski definition) is 2. The van der Waals surface area contributed by atoms with E-state index in [9.17, 15) is 10.1 Å². The molecule has 5 nitrogen and oxygen atoms in total. The zero-order valence-electron chi connectivity index (χ0n) is 8.69. The number of rotatable bonds is 5. The molecule has 0 radical (unpaired) electrons. The largest absolute Gasteiger partial charge is 0.379 e. The van der Waals surface area contributed by atoms with Crippen LogP contribution in [0.4, 0.5) is 11.4 Å². The molecule has 0 aromatic heterocycles. The molecule has 0 aliphatic carbocycles. The molecule has 0 aliphatic heterocycles. The quantitative estimate of drug-likeness (QED) is 0.439. The molecule has 82 valence electrons. The van der Waals surface area contributed by atoms with Gasteiger partial charge in [-0.3, -0.25) is 10.1 Å². The maximum absolute atomic E-state index is 10.7. The van der Waals surface area contributed by atoms with Crippen molar-refractivity contribution in [2.24, 2.45) is 5.73 Å². The van der Waals surface area contributed by atoms with Crippen molar-refractivity contribution in [3.05, 3.63) is 33.9 Å². The molecule has 0 unspecified atom stereocenters. The third kappa shape index (κ3) is 2.92. The molecule has 0 saturated heterocycles. The molecule has 0 saturated carbocycles. The smallest absolute Gasteiger partial charge is 0.292 e. The monoisotopic (exact) mass is 209 g/mol. The second-order valence-electron chi connectivity index (χ2n) is 3.30.